The highest BCUT2D eigenvalue weighted by atomic mass is 32.2. The molecule has 0 fully saturated rings. The molecule has 28 heavy (non-hydrogen) atoms. The summed E-state index contributed by atoms with van der Waals surface area (Å²) in [6.45, 7) is 1.58. The molecular formula is C20H19NO5S2. The molecule has 3 rings (SSSR count). The molecule has 0 saturated heterocycles. The van der Waals surface area contributed by atoms with Gasteiger partial charge >= 0.3 is 5.97 Å². The van der Waals surface area contributed by atoms with Crippen LogP contribution in [0.3, 0.4) is 0 Å². The van der Waals surface area contributed by atoms with E-state index in [1.807, 2.05) is 18.2 Å². The van der Waals surface area contributed by atoms with E-state index in [9.17, 15) is 18.0 Å². The summed E-state index contributed by atoms with van der Waals surface area (Å²) in [7, 11) is -1.98. The van der Waals surface area contributed by atoms with E-state index in [2.05, 4.69) is 5.32 Å². The lowest BCUT2D eigenvalue weighted by molar-refractivity contribution is -0.115. The number of hydrogen-bond donors (Lipinski definition) is 1. The Balaban J connectivity index is 1.81. The molecule has 0 saturated carbocycles. The SMILES string of the molecule is CCS(=O)(=O)c1ccc(CC(=O)Nc2sc3ccccc3c2C(=O)OC)cc1. The van der Waals surface area contributed by atoms with Crippen LogP contribution >= 0.6 is 11.3 Å². The largest absolute Gasteiger partial charge is 0.465 e. The maximum absolute atomic E-state index is 12.5. The van der Waals surface area contributed by atoms with Gasteiger partial charge in [0.15, 0.2) is 9.84 Å². The van der Waals surface area contributed by atoms with Crippen LogP contribution in [0.2, 0.25) is 0 Å². The topological polar surface area (TPSA) is 89.5 Å². The molecule has 1 aromatic heterocycles. The van der Waals surface area contributed by atoms with Crippen molar-refractivity contribution in [1.82, 2.24) is 0 Å². The van der Waals surface area contributed by atoms with Crippen molar-refractivity contribution in [2.45, 2.75) is 18.2 Å². The molecular weight excluding hydrogens is 398 g/mol. The number of carbonyl (C=O) groups excluding carboxylic acids is 2. The van der Waals surface area contributed by atoms with Crippen molar-refractivity contribution < 1.29 is 22.7 Å². The first kappa shape index (κ1) is 20.0. The average Bonchev–Trinajstić information content (AvgIpc) is 3.05. The van der Waals surface area contributed by atoms with Crippen LogP contribution in [-0.2, 0) is 25.8 Å². The first-order valence-corrected chi connectivity index (χ1v) is 11.0. The maximum Gasteiger partial charge on any atom is 0.341 e. The van der Waals surface area contributed by atoms with E-state index < -0.39 is 15.8 Å². The Morgan fingerprint density at radius 1 is 1.07 bits per heavy atom. The maximum atomic E-state index is 12.5. The molecule has 0 aliphatic carbocycles. The van der Waals surface area contributed by atoms with Crippen LogP contribution < -0.4 is 5.32 Å². The van der Waals surface area contributed by atoms with Crippen molar-refractivity contribution in [2.75, 3.05) is 18.2 Å². The molecule has 1 amide bonds. The van der Waals surface area contributed by atoms with Crippen LogP contribution in [0.15, 0.2) is 53.4 Å². The van der Waals surface area contributed by atoms with Gasteiger partial charge in [0, 0.05) is 10.1 Å². The molecule has 0 spiro atoms. The highest BCUT2D eigenvalue weighted by Gasteiger charge is 2.21. The van der Waals surface area contributed by atoms with E-state index in [0.29, 0.717) is 16.1 Å². The average molecular weight is 418 g/mol. The van der Waals surface area contributed by atoms with E-state index >= 15 is 0 Å². The summed E-state index contributed by atoms with van der Waals surface area (Å²) in [6.07, 6.45) is 0.0569. The minimum Gasteiger partial charge on any atom is -0.465 e. The van der Waals surface area contributed by atoms with Crippen LogP contribution in [0.25, 0.3) is 10.1 Å². The summed E-state index contributed by atoms with van der Waals surface area (Å²) in [5, 5.41) is 3.94. The van der Waals surface area contributed by atoms with Crippen LogP contribution in [-0.4, -0.2) is 33.2 Å². The van der Waals surface area contributed by atoms with Crippen LogP contribution in [0.1, 0.15) is 22.8 Å². The predicted molar refractivity (Wildman–Crippen MR) is 110 cm³/mol. The molecule has 1 heterocycles. The van der Waals surface area contributed by atoms with E-state index in [0.717, 1.165) is 10.1 Å². The number of thiophene rings is 1. The van der Waals surface area contributed by atoms with Gasteiger partial charge in [0.05, 0.1) is 24.2 Å². The lowest BCUT2D eigenvalue weighted by Crippen LogP contribution is -2.16. The van der Waals surface area contributed by atoms with Gasteiger partial charge in [-0.25, -0.2) is 13.2 Å². The van der Waals surface area contributed by atoms with Gasteiger partial charge in [0.2, 0.25) is 5.91 Å². The fourth-order valence-electron chi connectivity index (χ4n) is 2.78. The molecule has 0 radical (unpaired) electrons. The van der Waals surface area contributed by atoms with Crippen molar-refractivity contribution in [2.24, 2.45) is 0 Å². The normalized spacial score (nSPS) is 11.4. The van der Waals surface area contributed by atoms with E-state index in [-0.39, 0.29) is 23.0 Å². The zero-order valence-electron chi connectivity index (χ0n) is 15.4. The first-order valence-electron chi connectivity index (χ1n) is 8.57. The van der Waals surface area contributed by atoms with Gasteiger partial charge in [-0.15, -0.1) is 11.3 Å². The van der Waals surface area contributed by atoms with E-state index in [4.69, 9.17) is 4.74 Å². The quantitative estimate of drug-likeness (QED) is 0.618. The lowest BCUT2D eigenvalue weighted by atomic mass is 10.1. The molecule has 6 nitrogen and oxygen atoms in total. The predicted octanol–water partition coefficient (Wildman–Crippen LogP) is 3.66. The molecule has 3 aromatic rings. The van der Waals surface area contributed by atoms with Crippen molar-refractivity contribution in [1.29, 1.82) is 0 Å². The van der Waals surface area contributed by atoms with Gasteiger partial charge in [0.1, 0.15) is 10.6 Å². The summed E-state index contributed by atoms with van der Waals surface area (Å²) in [5.74, 6) is -0.792. The molecule has 0 aliphatic rings. The Hall–Kier alpha value is -2.71. The van der Waals surface area contributed by atoms with Gasteiger partial charge in [-0.05, 0) is 23.8 Å². The smallest absolute Gasteiger partial charge is 0.341 e. The minimum atomic E-state index is -3.28. The zero-order chi connectivity index (χ0) is 20.3. The van der Waals surface area contributed by atoms with Gasteiger partial charge in [-0.2, -0.15) is 0 Å². The van der Waals surface area contributed by atoms with Gasteiger partial charge in [-0.1, -0.05) is 37.3 Å². The number of nitrogens with one attached hydrogen (secondary N) is 1. The first-order chi connectivity index (χ1) is 13.4. The molecule has 0 unspecified atom stereocenters. The van der Waals surface area contributed by atoms with Gasteiger partial charge in [-0.3, -0.25) is 4.79 Å². The van der Waals surface area contributed by atoms with E-state index in [1.54, 1.807) is 25.1 Å². The second-order valence-electron chi connectivity index (χ2n) is 6.07. The Morgan fingerprint density at radius 2 is 1.75 bits per heavy atom. The summed E-state index contributed by atoms with van der Waals surface area (Å²) in [4.78, 5) is 24.9. The summed E-state index contributed by atoms with van der Waals surface area (Å²) in [6, 6.07) is 13.6. The highest BCUT2D eigenvalue weighted by Crippen LogP contribution is 2.36. The standard InChI is InChI=1S/C20H19NO5S2/c1-3-28(24,25)14-10-8-13(9-11-14)12-17(22)21-19-18(20(23)26-2)15-6-4-5-7-16(15)27-19/h4-11H,3,12H2,1-2H3,(H,21,22). The molecule has 2 aromatic carbocycles. The summed E-state index contributed by atoms with van der Waals surface area (Å²) in [5.41, 5.74) is 1.01. The zero-order valence-corrected chi connectivity index (χ0v) is 17.0. The monoisotopic (exact) mass is 417 g/mol. The Labute approximate surface area is 167 Å². The Bertz CT molecular complexity index is 1130. The van der Waals surface area contributed by atoms with Crippen molar-refractivity contribution in [3.8, 4) is 0 Å². The molecule has 0 aliphatic heterocycles. The van der Waals surface area contributed by atoms with Crippen LogP contribution in [0.4, 0.5) is 5.00 Å². The fourth-order valence-corrected chi connectivity index (χ4v) is 4.77. The number of sulfone groups is 1. The molecule has 0 atom stereocenters. The number of anilines is 1. The molecule has 146 valence electrons. The second kappa shape index (κ2) is 8.12. The number of amides is 1. The molecule has 1 N–H and O–H groups in total. The minimum absolute atomic E-state index is 0.0229. The third-order valence-corrected chi connectivity index (χ3v) is 7.10. The van der Waals surface area contributed by atoms with E-state index in [1.165, 1.54) is 30.6 Å². The van der Waals surface area contributed by atoms with Crippen LogP contribution in [0, 0.1) is 0 Å². The number of carbonyl (C=O) groups is 2. The lowest BCUT2D eigenvalue weighted by Gasteiger charge is -2.07. The second-order valence-corrected chi connectivity index (χ2v) is 9.40. The molecule has 0 bridgehead atoms. The number of fused-ring (bicyclic) bond motifs is 1. The number of rotatable bonds is 6. The summed E-state index contributed by atoms with van der Waals surface area (Å²) < 4.78 is 29.5. The Kier molecular flexibility index (Phi) is 5.81. The Morgan fingerprint density at radius 3 is 2.39 bits per heavy atom. The third-order valence-electron chi connectivity index (χ3n) is 4.27. The van der Waals surface area contributed by atoms with Gasteiger partial charge in [0.25, 0.3) is 0 Å². The molecule has 8 heteroatoms. The van der Waals surface area contributed by atoms with Crippen LogP contribution in [0.5, 0.6) is 0 Å². The third kappa shape index (κ3) is 4.07. The van der Waals surface area contributed by atoms with Crippen molar-refractivity contribution in [3.05, 3.63) is 59.7 Å². The number of benzene rings is 2. The highest BCUT2D eigenvalue weighted by molar-refractivity contribution is 7.91. The van der Waals surface area contributed by atoms with Crippen molar-refractivity contribution >= 4 is 48.1 Å². The summed E-state index contributed by atoms with van der Waals surface area (Å²) >= 11 is 1.30. The van der Waals surface area contributed by atoms with Crippen molar-refractivity contribution in [3.63, 3.8) is 0 Å². The fraction of sp³-hybridized carbons (Fsp3) is 0.200. The number of ether oxygens (including phenoxy) is 1. The number of methoxy groups -OCH3 is 1. The number of hydrogen-bond acceptors (Lipinski definition) is 6. The number of esters is 1. The van der Waals surface area contributed by atoms with Gasteiger partial charge < -0.3 is 10.1 Å².